The molecule has 18 atom stereocenters. The van der Waals surface area contributed by atoms with E-state index in [4.69, 9.17) is 28.4 Å². The normalized spacial score (nSPS) is 50.2. The Hall–Kier alpha value is -1.01. The SMILES string of the molecule is CC[C@H]1OC(=O)[C@H](C)[C@@H](O[C@H]2C[C@@](C)(OC)[C@@H](O)[C@H](C)O2)[C@H](C)[C@@H](O[C@@H]2O[C@H](C)CC(NC)[C@H]2O)[C@](C)(O)C[C@@H](C)CN(C)[C@H](C)[C@@H](O)[C@]1(C)O. The molecule has 3 heterocycles. The van der Waals surface area contributed by atoms with Gasteiger partial charge in [-0.05, 0) is 87.7 Å². The maximum Gasteiger partial charge on any atom is 0.311 e. The maximum absolute atomic E-state index is 14.2. The molecule has 0 radical (unpaired) electrons. The summed E-state index contributed by atoms with van der Waals surface area (Å²) in [5.41, 5.74) is -4.37. The van der Waals surface area contributed by atoms with Crippen LogP contribution in [0.15, 0.2) is 0 Å². The number of ether oxygens (including phenoxy) is 6. The lowest BCUT2D eigenvalue weighted by Crippen LogP contribution is -2.60. The Morgan fingerprint density at radius 1 is 0.961 bits per heavy atom. The Morgan fingerprint density at radius 3 is 2.16 bits per heavy atom. The zero-order valence-corrected chi connectivity index (χ0v) is 33.2. The van der Waals surface area contributed by atoms with E-state index in [0.29, 0.717) is 13.0 Å². The molecule has 0 bridgehead atoms. The van der Waals surface area contributed by atoms with Gasteiger partial charge in [0.25, 0.3) is 0 Å². The molecule has 3 rings (SSSR count). The van der Waals surface area contributed by atoms with Gasteiger partial charge in [0.05, 0.1) is 41.5 Å². The van der Waals surface area contributed by atoms with E-state index in [2.05, 4.69) is 5.32 Å². The molecule has 6 N–H and O–H groups in total. The number of hydrogen-bond acceptors (Lipinski definition) is 14. The van der Waals surface area contributed by atoms with Gasteiger partial charge < -0.3 is 64.2 Å². The van der Waals surface area contributed by atoms with Crippen LogP contribution in [0.1, 0.15) is 94.9 Å². The first-order valence-corrected chi connectivity index (χ1v) is 18.8. The van der Waals surface area contributed by atoms with Gasteiger partial charge >= 0.3 is 5.97 Å². The van der Waals surface area contributed by atoms with Crippen LogP contribution in [0.25, 0.3) is 0 Å². The molecule has 0 aliphatic carbocycles. The van der Waals surface area contributed by atoms with Crippen LogP contribution in [0, 0.1) is 17.8 Å². The van der Waals surface area contributed by atoms with Crippen LogP contribution in [0.5, 0.6) is 0 Å². The minimum absolute atomic E-state index is 0.132. The number of methoxy groups -OCH3 is 1. The molecule has 51 heavy (non-hydrogen) atoms. The highest BCUT2D eigenvalue weighted by Crippen LogP contribution is 2.40. The number of nitrogens with one attached hydrogen (secondary N) is 1. The van der Waals surface area contributed by atoms with Crippen molar-refractivity contribution in [3.05, 3.63) is 0 Å². The van der Waals surface area contributed by atoms with E-state index in [9.17, 15) is 30.3 Å². The van der Waals surface area contributed by atoms with Crippen LogP contribution < -0.4 is 5.32 Å². The molecule has 0 aromatic rings. The van der Waals surface area contributed by atoms with E-state index in [0.717, 1.165) is 0 Å². The summed E-state index contributed by atoms with van der Waals surface area (Å²) in [6, 6.07) is -0.858. The standard InChI is InChI=1S/C37H70N2O12/c1-14-26-37(10,45)30(41)23(6)39(12)18-19(2)16-35(8,44)32(51-34-28(40)25(38-11)15-20(3)47-34)21(4)29(22(5)33(43)49-26)50-27-17-36(9,46-13)31(42)24(7)48-27/h19-32,34,38,40-42,44-45H,14-18H2,1-13H3/t19-,20-,21+,22-,23-,24+,25?,26-,27+,28-,29+,30-,31+,32-,34+,35-,36-,37-/m1/s1. The number of hydrogen-bond donors (Lipinski definition) is 6. The second-order valence-electron chi connectivity index (χ2n) is 16.5. The molecular weight excluding hydrogens is 664 g/mol. The van der Waals surface area contributed by atoms with Crippen LogP contribution in [0.4, 0.5) is 0 Å². The van der Waals surface area contributed by atoms with Crippen LogP contribution in [0.2, 0.25) is 0 Å². The summed E-state index contributed by atoms with van der Waals surface area (Å²) in [5.74, 6) is -2.59. The van der Waals surface area contributed by atoms with Crippen molar-refractivity contribution in [2.24, 2.45) is 17.8 Å². The first-order chi connectivity index (χ1) is 23.5. The van der Waals surface area contributed by atoms with Crippen molar-refractivity contribution in [1.29, 1.82) is 0 Å². The number of rotatable bonds is 7. The van der Waals surface area contributed by atoms with Gasteiger partial charge in [-0.1, -0.05) is 20.8 Å². The molecule has 3 saturated heterocycles. The van der Waals surface area contributed by atoms with Crippen LogP contribution in [0.3, 0.4) is 0 Å². The molecule has 14 heteroatoms. The smallest absolute Gasteiger partial charge is 0.311 e. The lowest BCUT2D eigenvalue weighted by Gasteiger charge is -2.48. The number of esters is 1. The van der Waals surface area contributed by atoms with Crippen molar-refractivity contribution < 1.29 is 58.7 Å². The number of cyclic esters (lactones) is 1. The summed E-state index contributed by atoms with van der Waals surface area (Å²) in [6.45, 7) is 18.0. The molecule has 0 amide bonds. The highest BCUT2D eigenvalue weighted by molar-refractivity contribution is 5.73. The first-order valence-electron chi connectivity index (χ1n) is 18.8. The number of likely N-dealkylation sites (N-methyl/N-ethyl adjacent to an activating group) is 2. The molecule has 300 valence electrons. The van der Waals surface area contributed by atoms with Gasteiger partial charge in [-0.3, -0.25) is 4.79 Å². The van der Waals surface area contributed by atoms with Gasteiger partial charge in [-0.25, -0.2) is 0 Å². The van der Waals surface area contributed by atoms with Crippen molar-refractivity contribution in [3.8, 4) is 0 Å². The number of aliphatic hydroxyl groups excluding tert-OH is 3. The van der Waals surface area contributed by atoms with E-state index in [1.54, 1.807) is 48.6 Å². The Morgan fingerprint density at radius 2 is 1.59 bits per heavy atom. The highest BCUT2D eigenvalue weighted by Gasteiger charge is 2.52. The minimum atomic E-state index is -1.80. The van der Waals surface area contributed by atoms with Crippen molar-refractivity contribution in [2.75, 3.05) is 27.7 Å². The Kier molecular flexibility index (Phi) is 15.3. The van der Waals surface area contributed by atoms with Gasteiger partial charge in [-0.15, -0.1) is 0 Å². The number of carbonyl (C=O) groups excluding carboxylic acids is 1. The van der Waals surface area contributed by atoms with Crippen molar-refractivity contribution >= 4 is 5.97 Å². The molecule has 3 aliphatic heterocycles. The molecular formula is C37H70N2O12. The van der Waals surface area contributed by atoms with Crippen molar-refractivity contribution in [1.82, 2.24) is 10.2 Å². The fraction of sp³-hybridized carbons (Fsp3) is 0.973. The summed E-state index contributed by atoms with van der Waals surface area (Å²) in [7, 11) is 5.10. The molecule has 0 spiro atoms. The van der Waals surface area contributed by atoms with Gasteiger partial charge in [0.1, 0.15) is 30.0 Å². The molecule has 0 saturated carbocycles. The average Bonchev–Trinajstić information content (AvgIpc) is 3.05. The first kappa shape index (κ1) is 44.4. The fourth-order valence-electron chi connectivity index (χ4n) is 8.53. The molecule has 3 aliphatic rings. The summed E-state index contributed by atoms with van der Waals surface area (Å²) in [5, 5.41) is 61.0. The maximum atomic E-state index is 14.2. The second-order valence-corrected chi connectivity index (χ2v) is 16.5. The van der Waals surface area contributed by atoms with E-state index in [1.807, 2.05) is 32.7 Å². The van der Waals surface area contributed by atoms with Gasteiger partial charge in [0, 0.05) is 38.1 Å². The number of aliphatic hydroxyl groups is 5. The second kappa shape index (κ2) is 17.6. The van der Waals surface area contributed by atoms with E-state index in [1.165, 1.54) is 14.0 Å². The number of carbonyl (C=O) groups is 1. The lowest BCUT2D eigenvalue weighted by molar-refractivity contribution is -0.316. The van der Waals surface area contributed by atoms with Crippen LogP contribution in [-0.2, 0) is 33.2 Å². The third kappa shape index (κ3) is 10.0. The third-order valence-corrected chi connectivity index (χ3v) is 11.9. The molecule has 0 aromatic heterocycles. The van der Waals surface area contributed by atoms with Gasteiger partial charge in [0.15, 0.2) is 12.6 Å². The van der Waals surface area contributed by atoms with Crippen molar-refractivity contribution in [3.63, 3.8) is 0 Å². The van der Waals surface area contributed by atoms with E-state index >= 15 is 0 Å². The Labute approximate surface area is 305 Å². The predicted octanol–water partition coefficient (Wildman–Crippen LogP) is 1.56. The van der Waals surface area contributed by atoms with Gasteiger partial charge in [-0.2, -0.15) is 0 Å². The summed E-state index contributed by atoms with van der Waals surface area (Å²) in [4.78, 5) is 16.1. The van der Waals surface area contributed by atoms with Crippen LogP contribution in [-0.4, -0.2) is 154 Å². The zero-order chi connectivity index (χ0) is 38.8. The summed E-state index contributed by atoms with van der Waals surface area (Å²) < 4.78 is 37.3. The molecule has 3 fully saturated rings. The quantitative estimate of drug-likeness (QED) is 0.207. The van der Waals surface area contributed by atoms with Gasteiger partial charge in [0.2, 0.25) is 0 Å². The van der Waals surface area contributed by atoms with Crippen molar-refractivity contribution in [2.45, 2.75) is 185 Å². The fourth-order valence-corrected chi connectivity index (χ4v) is 8.53. The topological polar surface area (TPSA) is 189 Å². The summed E-state index contributed by atoms with van der Waals surface area (Å²) in [6.07, 6.45) is -8.24. The van der Waals surface area contributed by atoms with E-state index in [-0.39, 0.29) is 37.3 Å². The third-order valence-electron chi connectivity index (χ3n) is 11.9. The molecule has 14 nitrogen and oxygen atoms in total. The molecule has 0 aromatic carbocycles. The Bertz CT molecular complexity index is 1110. The molecule has 1 unspecified atom stereocenters. The highest BCUT2D eigenvalue weighted by atomic mass is 16.7. The van der Waals surface area contributed by atoms with Crippen LogP contribution >= 0.6 is 0 Å². The summed E-state index contributed by atoms with van der Waals surface area (Å²) >= 11 is 0. The Balaban J connectivity index is 2.16. The monoisotopic (exact) mass is 734 g/mol. The minimum Gasteiger partial charge on any atom is -0.459 e. The van der Waals surface area contributed by atoms with E-state index < -0.39 is 96.0 Å². The lowest BCUT2D eigenvalue weighted by atomic mass is 9.77. The number of nitrogens with zero attached hydrogens (tertiary/aromatic N) is 1. The average molecular weight is 735 g/mol. The largest absolute Gasteiger partial charge is 0.459 e. The zero-order valence-electron chi connectivity index (χ0n) is 33.2. The predicted molar refractivity (Wildman–Crippen MR) is 190 cm³/mol.